The highest BCUT2D eigenvalue weighted by Gasteiger charge is 2.25. The van der Waals surface area contributed by atoms with Crippen molar-refractivity contribution in [2.45, 2.75) is 59.1 Å². The highest BCUT2D eigenvalue weighted by Crippen LogP contribution is 2.31. The molecule has 2 rings (SSSR count). The van der Waals surface area contributed by atoms with Gasteiger partial charge in [-0.3, -0.25) is 15.1 Å². The van der Waals surface area contributed by atoms with Crippen LogP contribution in [0.4, 0.5) is 10.6 Å². The molecule has 1 unspecified atom stereocenters. The van der Waals surface area contributed by atoms with Gasteiger partial charge in [-0.05, 0) is 53.7 Å². The minimum atomic E-state index is -0.976. The summed E-state index contributed by atoms with van der Waals surface area (Å²) in [4.78, 5) is 27.6. The van der Waals surface area contributed by atoms with Gasteiger partial charge in [-0.25, -0.2) is 9.48 Å². The molecule has 0 bridgehead atoms. The number of nitrogens with one attached hydrogen (secondary N) is 1. The van der Waals surface area contributed by atoms with E-state index in [0.29, 0.717) is 17.0 Å². The Balaban J connectivity index is 2.47. The zero-order valence-electron chi connectivity index (χ0n) is 17.3. The van der Waals surface area contributed by atoms with E-state index >= 15 is 0 Å². The van der Waals surface area contributed by atoms with Crippen molar-refractivity contribution in [1.82, 2.24) is 14.8 Å². The molecule has 0 saturated carbocycles. The number of amides is 1. The van der Waals surface area contributed by atoms with Crippen LogP contribution >= 0.6 is 0 Å². The molecule has 0 aliphatic rings. The molecule has 0 aromatic carbocycles. The molecule has 0 aliphatic carbocycles. The summed E-state index contributed by atoms with van der Waals surface area (Å²) in [5, 5.41) is 25.9. The highest BCUT2D eigenvalue weighted by atomic mass is 16.6. The van der Waals surface area contributed by atoms with E-state index in [0.717, 1.165) is 0 Å². The van der Waals surface area contributed by atoms with E-state index in [1.165, 1.54) is 10.9 Å². The molecule has 2 N–H and O–H groups in total. The van der Waals surface area contributed by atoms with Crippen LogP contribution in [0.1, 0.15) is 64.8 Å². The first-order valence-electron chi connectivity index (χ1n) is 9.16. The number of carboxylic acids is 1. The molecule has 1 amide bonds. The number of nitrogens with zero attached hydrogens (tertiary/aromatic N) is 4. The van der Waals surface area contributed by atoms with Crippen LogP contribution in [-0.2, 0) is 9.53 Å². The van der Waals surface area contributed by atoms with E-state index in [-0.39, 0.29) is 17.4 Å². The van der Waals surface area contributed by atoms with Crippen LogP contribution in [0.2, 0.25) is 0 Å². The fraction of sp³-hybridized carbons (Fsp3) is 0.450. The molecule has 2 heterocycles. The fourth-order valence-corrected chi connectivity index (χ4v) is 2.56. The minimum Gasteiger partial charge on any atom is -0.481 e. The summed E-state index contributed by atoms with van der Waals surface area (Å²) in [7, 11) is 0. The SMILES string of the molecule is CC(C(=O)O)c1ccc(-c2nn(C(C)C)c(NC(=O)OC(C)(C)C)c2C#N)cn1. The van der Waals surface area contributed by atoms with Crippen LogP contribution < -0.4 is 5.32 Å². The van der Waals surface area contributed by atoms with Crippen molar-refractivity contribution in [3.63, 3.8) is 0 Å². The highest BCUT2D eigenvalue weighted by molar-refractivity contribution is 5.88. The summed E-state index contributed by atoms with van der Waals surface area (Å²) in [6, 6.07) is 5.19. The number of hydrogen-bond acceptors (Lipinski definition) is 6. The molecule has 0 radical (unpaired) electrons. The average Bonchev–Trinajstić information content (AvgIpc) is 2.97. The van der Waals surface area contributed by atoms with Gasteiger partial charge in [0.1, 0.15) is 22.9 Å². The topological polar surface area (TPSA) is 130 Å². The first-order valence-corrected chi connectivity index (χ1v) is 9.16. The Kier molecular flexibility index (Phi) is 6.27. The van der Waals surface area contributed by atoms with Gasteiger partial charge in [0.25, 0.3) is 0 Å². The smallest absolute Gasteiger partial charge is 0.413 e. The lowest BCUT2D eigenvalue weighted by Gasteiger charge is -2.20. The Morgan fingerprint density at radius 2 is 1.93 bits per heavy atom. The third-order valence-corrected chi connectivity index (χ3v) is 4.00. The maximum Gasteiger partial charge on any atom is 0.413 e. The summed E-state index contributed by atoms with van der Waals surface area (Å²) in [6.07, 6.45) is 0.783. The molecule has 0 aliphatic heterocycles. The lowest BCUT2D eigenvalue weighted by atomic mass is 10.1. The summed E-state index contributed by atoms with van der Waals surface area (Å²) in [5.74, 6) is -1.50. The Bertz CT molecular complexity index is 949. The number of ether oxygens (including phenoxy) is 1. The first-order chi connectivity index (χ1) is 13.4. The molecule has 0 saturated heterocycles. The lowest BCUT2D eigenvalue weighted by molar-refractivity contribution is -0.138. The van der Waals surface area contributed by atoms with Gasteiger partial charge in [0.15, 0.2) is 5.82 Å². The predicted octanol–water partition coefficient (Wildman–Crippen LogP) is 3.93. The van der Waals surface area contributed by atoms with Gasteiger partial charge in [-0.1, -0.05) is 0 Å². The third-order valence-electron chi connectivity index (χ3n) is 4.00. The molecule has 29 heavy (non-hydrogen) atoms. The second kappa shape index (κ2) is 8.31. The molecule has 1 atom stereocenters. The van der Waals surface area contributed by atoms with Crippen LogP contribution in [0.3, 0.4) is 0 Å². The van der Waals surface area contributed by atoms with Crippen molar-refractivity contribution in [1.29, 1.82) is 5.26 Å². The summed E-state index contributed by atoms with van der Waals surface area (Å²) in [5.41, 5.74) is 0.757. The summed E-state index contributed by atoms with van der Waals surface area (Å²) in [6.45, 7) is 10.5. The zero-order valence-corrected chi connectivity index (χ0v) is 17.3. The molecular formula is C20H25N5O4. The van der Waals surface area contributed by atoms with Gasteiger partial charge in [-0.2, -0.15) is 10.4 Å². The van der Waals surface area contributed by atoms with Gasteiger partial charge < -0.3 is 9.84 Å². The third kappa shape index (κ3) is 5.10. The number of hydrogen-bond donors (Lipinski definition) is 2. The number of rotatable bonds is 5. The number of pyridine rings is 1. The molecule has 9 heteroatoms. The lowest BCUT2D eigenvalue weighted by Crippen LogP contribution is -2.28. The van der Waals surface area contributed by atoms with Crippen molar-refractivity contribution in [2.75, 3.05) is 5.32 Å². The van der Waals surface area contributed by atoms with E-state index in [4.69, 9.17) is 9.84 Å². The van der Waals surface area contributed by atoms with Crippen LogP contribution in [0, 0.1) is 11.3 Å². The second-order valence-corrected chi connectivity index (χ2v) is 7.88. The molecule has 9 nitrogen and oxygen atoms in total. The van der Waals surface area contributed by atoms with Crippen molar-refractivity contribution >= 4 is 17.9 Å². The van der Waals surface area contributed by atoms with Crippen molar-refractivity contribution in [3.05, 3.63) is 29.6 Å². The van der Waals surface area contributed by atoms with E-state index < -0.39 is 23.6 Å². The molecule has 0 spiro atoms. The van der Waals surface area contributed by atoms with Gasteiger partial charge in [-0.15, -0.1) is 0 Å². The van der Waals surface area contributed by atoms with Gasteiger partial charge in [0.2, 0.25) is 0 Å². The molecular weight excluding hydrogens is 374 g/mol. The summed E-state index contributed by atoms with van der Waals surface area (Å²) >= 11 is 0. The number of aliphatic carboxylic acids is 1. The van der Waals surface area contributed by atoms with E-state index in [2.05, 4.69) is 21.5 Å². The van der Waals surface area contributed by atoms with Crippen LogP contribution in [-0.4, -0.2) is 37.5 Å². The van der Waals surface area contributed by atoms with Gasteiger partial charge in [0, 0.05) is 17.8 Å². The first kappa shape index (κ1) is 21.9. The van der Waals surface area contributed by atoms with E-state index in [1.807, 2.05) is 13.8 Å². The van der Waals surface area contributed by atoms with E-state index in [9.17, 15) is 14.9 Å². The number of anilines is 1. The Morgan fingerprint density at radius 3 is 2.38 bits per heavy atom. The molecule has 0 fully saturated rings. The predicted molar refractivity (Wildman–Crippen MR) is 106 cm³/mol. The number of nitriles is 1. The Morgan fingerprint density at radius 1 is 1.28 bits per heavy atom. The van der Waals surface area contributed by atoms with E-state index in [1.54, 1.807) is 39.8 Å². The largest absolute Gasteiger partial charge is 0.481 e. The summed E-state index contributed by atoms with van der Waals surface area (Å²) < 4.78 is 6.82. The standard InChI is InChI=1S/C20H25N5O4/c1-11(2)25-17(23-19(28)29-20(4,5)6)14(9-21)16(24-25)13-7-8-15(22-10-13)12(3)18(26)27/h7-8,10-12H,1-6H3,(H,23,28)(H,26,27). The number of carboxylic acid groups (broad SMARTS) is 1. The number of carbonyl (C=O) groups excluding carboxylic acids is 1. The van der Waals surface area contributed by atoms with Gasteiger partial charge in [0.05, 0.1) is 11.6 Å². The Labute approximate surface area is 169 Å². The minimum absolute atomic E-state index is 0.139. The van der Waals surface area contributed by atoms with Crippen molar-refractivity contribution in [3.8, 4) is 17.3 Å². The second-order valence-electron chi connectivity index (χ2n) is 7.88. The molecule has 154 valence electrons. The zero-order chi connectivity index (χ0) is 21.9. The number of carbonyl (C=O) groups is 2. The quantitative estimate of drug-likeness (QED) is 0.779. The van der Waals surface area contributed by atoms with Crippen molar-refractivity contribution in [2.24, 2.45) is 0 Å². The average molecular weight is 399 g/mol. The molecule has 2 aromatic heterocycles. The van der Waals surface area contributed by atoms with Crippen LogP contribution in [0.5, 0.6) is 0 Å². The Hall–Kier alpha value is -3.41. The maximum absolute atomic E-state index is 12.2. The normalized spacial score (nSPS) is 12.3. The monoisotopic (exact) mass is 399 g/mol. The van der Waals surface area contributed by atoms with Crippen LogP contribution in [0.15, 0.2) is 18.3 Å². The fourth-order valence-electron chi connectivity index (χ4n) is 2.56. The van der Waals surface area contributed by atoms with Gasteiger partial charge >= 0.3 is 12.1 Å². The molecule has 2 aromatic rings. The van der Waals surface area contributed by atoms with Crippen molar-refractivity contribution < 1.29 is 19.4 Å². The van der Waals surface area contributed by atoms with Crippen LogP contribution in [0.25, 0.3) is 11.3 Å². The maximum atomic E-state index is 12.2. The number of aromatic nitrogens is 3.